The Hall–Kier alpha value is -1.65. The number of halogens is 1. The summed E-state index contributed by atoms with van der Waals surface area (Å²) in [5, 5.41) is 0. The van der Waals surface area contributed by atoms with Gasteiger partial charge in [0.05, 0.1) is 0 Å². The van der Waals surface area contributed by atoms with E-state index < -0.39 is 0 Å². The van der Waals surface area contributed by atoms with E-state index in [9.17, 15) is 4.79 Å². The Morgan fingerprint density at radius 3 is 2.48 bits per heavy atom. The van der Waals surface area contributed by atoms with Gasteiger partial charge in [-0.15, -0.1) is 0 Å². The lowest BCUT2D eigenvalue weighted by Gasteiger charge is -2.33. The Kier molecular flexibility index (Phi) is 4.91. The van der Waals surface area contributed by atoms with Gasteiger partial charge in [0.1, 0.15) is 0 Å². The summed E-state index contributed by atoms with van der Waals surface area (Å²) in [5.74, 6) is 0.501. The summed E-state index contributed by atoms with van der Waals surface area (Å²) < 4.78 is 1.12. The Morgan fingerprint density at radius 1 is 1.00 bits per heavy atom. The van der Waals surface area contributed by atoms with Crippen molar-refractivity contribution in [3.05, 3.63) is 64.1 Å². The first-order valence-corrected chi connectivity index (χ1v) is 9.86. The van der Waals surface area contributed by atoms with Gasteiger partial charge in [-0.05, 0) is 61.7 Å². The number of piperidine rings is 1. The second-order valence-electron chi connectivity index (χ2n) is 7.05. The number of carbonyl (C=O) groups excluding carboxylic acids is 1. The highest BCUT2D eigenvalue weighted by Crippen LogP contribution is 2.31. The number of rotatable bonds is 3. The van der Waals surface area contributed by atoms with Crippen LogP contribution in [0.2, 0.25) is 0 Å². The molecule has 2 aliphatic rings. The van der Waals surface area contributed by atoms with E-state index in [1.165, 1.54) is 11.1 Å². The third-order valence-electron chi connectivity index (χ3n) is 5.41. The van der Waals surface area contributed by atoms with E-state index in [-0.39, 0.29) is 5.92 Å². The van der Waals surface area contributed by atoms with E-state index in [1.54, 1.807) is 0 Å². The van der Waals surface area contributed by atoms with Gasteiger partial charge < -0.3 is 4.90 Å². The number of hydrogen-bond acceptors (Lipinski definition) is 2. The number of carbonyl (C=O) groups is 1. The minimum Gasteiger partial charge on any atom is -0.312 e. The molecule has 2 aromatic rings. The average Bonchev–Trinajstić information content (AvgIpc) is 3.08. The van der Waals surface area contributed by atoms with E-state index in [4.69, 9.17) is 0 Å². The molecule has 0 saturated carbocycles. The fraction of sp³-hybridized carbons (Fsp3) is 0.381. The molecule has 0 radical (unpaired) electrons. The molecular weight excluding hydrogens is 376 g/mol. The van der Waals surface area contributed by atoms with Crippen LogP contribution in [0.5, 0.6) is 0 Å². The minimum atomic E-state index is 0.173. The quantitative estimate of drug-likeness (QED) is 0.771. The fourth-order valence-electron chi connectivity index (χ4n) is 3.97. The molecule has 0 aromatic heterocycles. The van der Waals surface area contributed by atoms with Crippen LogP contribution < -0.4 is 4.90 Å². The Balaban J connectivity index is 1.34. The molecule has 1 saturated heterocycles. The monoisotopic (exact) mass is 398 g/mol. The third-order valence-corrected chi connectivity index (χ3v) is 5.94. The lowest BCUT2D eigenvalue weighted by atomic mass is 9.95. The van der Waals surface area contributed by atoms with Crippen molar-refractivity contribution >= 4 is 27.5 Å². The highest BCUT2D eigenvalue weighted by Gasteiger charge is 2.32. The van der Waals surface area contributed by atoms with Crippen LogP contribution in [0, 0.1) is 5.92 Å². The molecule has 4 rings (SSSR count). The molecule has 2 heterocycles. The van der Waals surface area contributed by atoms with E-state index in [0.29, 0.717) is 5.91 Å². The fourth-order valence-corrected chi connectivity index (χ4v) is 4.24. The van der Waals surface area contributed by atoms with E-state index in [0.717, 1.165) is 55.6 Å². The SMILES string of the molecule is O=C(C1CCN(Cc2ccc(Br)cc2)CC1)N1CCc2ccccc21. The lowest BCUT2D eigenvalue weighted by Crippen LogP contribution is -2.41. The molecule has 2 aromatic carbocycles. The predicted octanol–water partition coefficient (Wildman–Crippen LogP) is 4.25. The number of benzene rings is 2. The maximum atomic E-state index is 13.0. The van der Waals surface area contributed by atoms with Gasteiger partial charge in [-0.2, -0.15) is 0 Å². The van der Waals surface area contributed by atoms with E-state index in [1.807, 2.05) is 11.0 Å². The zero-order chi connectivity index (χ0) is 17.2. The molecule has 1 fully saturated rings. The van der Waals surface area contributed by atoms with Crippen molar-refractivity contribution in [3.8, 4) is 0 Å². The molecule has 0 unspecified atom stereocenters. The first-order chi connectivity index (χ1) is 12.2. The predicted molar refractivity (Wildman–Crippen MR) is 105 cm³/mol. The smallest absolute Gasteiger partial charge is 0.230 e. The minimum absolute atomic E-state index is 0.173. The van der Waals surface area contributed by atoms with Crippen molar-refractivity contribution < 1.29 is 4.79 Å². The van der Waals surface area contributed by atoms with Crippen molar-refractivity contribution in [2.45, 2.75) is 25.8 Å². The zero-order valence-corrected chi connectivity index (χ0v) is 15.9. The van der Waals surface area contributed by atoms with Gasteiger partial charge in [0, 0.05) is 29.2 Å². The normalized spacial score (nSPS) is 18.4. The summed E-state index contributed by atoms with van der Waals surface area (Å²) in [6.07, 6.45) is 2.92. The summed E-state index contributed by atoms with van der Waals surface area (Å²) in [5.41, 5.74) is 3.77. The molecule has 0 spiro atoms. The number of fused-ring (bicyclic) bond motifs is 1. The van der Waals surface area contributed by atoms with Crippen molar-refractivity contribution in [3.63, 3.8) is 0 Å². The van der Waals surface area contributed by atoms with Crippen molar-refractivity contribution in [2.24, 2.45) is 5.92 Å². The first-order valence-electron chi connectivity index (χ1n) is 9.07. The van der Waals surface area contributed by atoms with Gasteiger partial charge in [-0.25, -0.2) is 0 Å². The van der Waals surface area contributed by atoms with Crippen LogP contribution in [-0.4, -0.2) is 30.4 Å². The van der Waals surface area contributed by atoms with Gasteiger partial charge in [0.2, 0.25) is 5.91 Å². The molecule has 3 nitrogen and oxygen atoms in total. The van der Waals surface area contributed by atoms with Crippen molar-refractivity contribution in [2.75, 3.05) is 24.5 Å². The number of likely N-dealkylation sites (tertiary alicyclic amines) is 1. The Morgan fingerprint density at radius 2 is 1.72 bits per heavy atom. The molecule has 0 atom stereocenters. The van der Waals surface area contributed by atoms with Crippen LogP contribution in [0.4, 0.5) is 5.69 Å². The molecule has 25 heavy (non-hydrogen) atoms. The molecule has 0 bridgehead atoms. The second-order valence-corrected chi connectivity index (χ2v) is 7.96. The molecule has 2 aliphatic heterocycles. The van der Waals surface area contributed by atoms with Gasteiger partial charge in [-0.3, -0.25) is 9.69 Å². The van der Waals surface area contributed by atoms with Crippen LogP contribution in [0.25, 0.3) is 0 Å². The van der Waals surface area contributed by atoms with Crippen molar-refractivity contribution in [1.29, 1.82) is 0 Å². The molecule has 0 aliphatic carbocycles. The molecule has 4 heteroatoms. The summed E-state index contributed by atoms with van der Waals surface area (Å²) in [7, 11) is 0. The number of para-hydroxylation sites is 1. The van der Waals surface area contributed by atoms with Gasteiger partial charge in [0.25, 0.3) is 0 Å². The zero-order valence-electron chi connectivity index (χ0n) is 14.3. The van der Waals surface area contributed by atoms with Crippen LogP contribution in [-0.2, 0) is 17.8 Å². The van der Waals surface area contributed by atoms with Crippen LogP contribution in [0.15, 0.2) is 53.0 Å². The molecular formula is C21H23BrN2O. The second kappa shape index (κ2) is 7.30. The van der Waals surface area contributed by atoms with E-state index in [2.05, 4.69) is 63.3 Å². The molecule has 1 amide bonds. The maximum absolute atomic E-state index is 13.0. The van der Waals surface area contributed by atoms with Gasteiger partial charge in [0.15, 0.2) is 0 Å². The summed E-state index contributed by atoms with van der Waals surface area (Å²) in [6, 6.07) is 16.9. The summed E-state index contributed by atoms with van der Waals surface area (Å²) in [6.45, 7) is 3.82. The van der Waals surface area contributed by atoms with Crippen molar-refractivity contribution in [1.82, 2.24) is 4.90 Å². The number of anilines is 1. The highest BCUT2D eigenvalue weighted by molar-refractivity contribution is 9.10. The van der Waals surface area contributed by atoms with Crippen LogP contribution in [0.3, 0.4) is 0 Å². The summed E-state index contributed by atoms with van der Waals surface area (Å²) >= 11 is 3.48. The highest BCUT2D eigenvalue weighted by atomic mass is 79.9. The standard InChI is InChI=1S/C21H23BrN2O/c22-19-7-5-16(6-8-19)15-23-12-9-18(10-13-23)21(25)24-14-11-17-3-1-2-4-20(17)24/h1-8,18H,9-15H2. The maximum Gasteiger partial charge on any atom is 0.230 e. The molecule has 0 N–H and O–H groups in total. The Bertz CT molecular complexity index is 751. The van der Waals surface area contributed by atoms with E-state index >= 15 is 0 Å². The largest absolute Gasteiger partial charge is 0.312 e. The number of amides is 1. The van der Waals surface area contributed by atoms with Gasteiger partial charge in [-0.1, -0.05) is 46.3 Å². The van der Waals surface area contributed by atoms with Crippen LogP contribution >= 0.6 is 15.9 Å². The number of nitrogens with zero attached hydrogens (tertiary/aromatic N) is 2. The summed E-state index contributed by atoms with van der Waals surface area (Å²) in [4.78, 5) is 17.4. The van der Waals surface area contributed by atoms with Crippen LogP contribution in [0.1, 0.15) is 24.0 Å². The molecule has 130 valence electrons. The average molecular weight is 399 g/mol. The lowest BCUT2D eigenvalue weighted by molar-refractivity contribution is -0.123. The topological polar surface area (TPSA) is 23.6 Å². The van der Waals surface area contributed by atoms with Gasteiger partial charge >= 0.3 is 0 Å². The number of hydrogen-bond donors (Lipinski definition) is 0. The third kappa shape index (κ3) is 3.65. The first kappa shape index (κ1) is 16.8. The Labute approximate surface area is 157 Å².